The van der Waals surface area contributed by atoms with Crippen LogP contribution in [0.2, 0.25) is 0 Å². The average Bonchev–Trinajstić information content (AvgIpc) is 3.22. The quantitative estimate of drug-likeness (QED) is 0.595. The van der Waals surface area contributed by atoms with Gasteiger partial charge in [0.1, 0.15) is 0 Å². The van der Waals surface area contributed by atoms with Crippen LogP contribution in [0.3, 0.4) is 0 Å². The third-order valence-electron chi connectivity index (χ3n) is 6.40. The molecule has 2 aromatic carbocycles. The van der Waals surface area contributed by atoms with Gasteiger partial charge in [0.25, 0.3) is 5.56 Å². The summed E-state index contributed by atoms with van der Waals surface area (Å²) in [5, 5.41) is 4.02. The number of pyridine rings is 1. The van der Waals surface area contributed by atoms with E-state index >= 15 is 0 Å². The highest BCUT2D eigenvalue weighted by molar-refractivity contribution is 5.89. The lowest BCUT2D eigenvalue weighted by Crippen LogP contribution is -2.45. The molecule has 0 bridgehead atoms. The molecule has 4 rings (SSSR count). The molecule has 3 aromatic rings. The number of carbonyl (C=O) groups is 1. The minimum absolute atomic E-state index is 0.140. The van der Waals surface area contributed by atoms with E-state index in [-0.39, 0.29) is 18.1 Å². The smallest absolute Gasteiger partial charge is 0.322 e. The molecule has 2 amide bonds. The number of nitrogens with one attached hydrogen (secondary N) is 2. The summed E-state index contributed by atoms with van der Waals surface area (Å²) < 4.78 is 0. The fraction of sp³-hybridized carbons (Fsp3) is 0.385. The Bertz CT molecular complexity index is 1160. The third-order valence-corrected chi connectivity index (χ3v) is 6.40. The Kier molecular flexibility index (Phi) is 6.61. The summed E-state index contributed by atoms with van der Waals surface area (Å²) in [5.41, 5.74) is 4.28. The van der Waals surface area contributed by atoms with E-state index in [0.717, 1.165) is 53.6 Å². The van der Waals surface area contributed by atoms with Gasteiger partial charge in [-0.05, 0) is 75.2 Å². The fourth-order valence-electron chi connectivity index (χ4n) is 4.76. The van der Waals surface area contributed by atoms with Crippen molar-refractivity contribution in [3.05, 3.63) is 75.6 Å². The highest BCUT2D eigenvalue weighted by Crippen LogP contribution is 2.22. The molecule has 168 valence electrons. The summed E-state index contributed by atoms with van der Waals surface area (Å²) in [7, 11) is 0. The van der Waals surface area contributed by atoms with Crippen molar-refractivity contribution >= 4 is 22.6 Å². The summed E-state index contributed by atoms with van der Waals surface area (Å²) in [6.07, 6.45) is 2.21. The predicted molar refractivity (Wildman–Crippen MR) is 130 cm³/mol. The molecule has 1 unspecified atom stereocenters. The second-order valence-corrected chi connectivity index (χ2v) is 8.77. The Morgan fingerprint density at radius 2 is 1.97 bits per heavy atom. The minimum Gasteiger partial charge on any atom is -0.322 e. The molecular formula is C26H32N4O2. The number of likely N-dealkylation sites (tertiary alicyclic amines) is 1. The van der Waals surface area contributed by atoms with Crippen LogP contribution in [0.5, 0.6) is 0 Å². The van der Waals surface area contributed by atoms with Crippen molar-refractivity contribution in [2.75, 3.05) is 25.0 Å². The zero-order valence-electron chi connectivity index (χ0n) is 19.1. The van der Waals surface area contributed by atoms with Gasteiger partial charge in [0.15, 0.2) is 0 Å². The van der Waals surface area contributed by atoms with E-state index in [1.807, 2.05) is 49.4 Å². The number of anilines is 1. The molecule has 1 aliphatic rings. The molecule has 0 radical (unpaired) electrons. The molecule has 2 heterocycles. The molecule has 1 saturated heterocycles. The van der Waals surface area contributed by atoms with Crippen molar-refractivity contribution in [2.24, 2.45) is 0 Å². The SMILES string of the molecule is CCN1CCCC1CN(Cc1cc2c(C)cc(C)cc2[nH]c1=O)C(=O)Nc1ccccc1. The first-order chi connectivity index (χ1) is 15.4. The van der Waals surface area contributed by atoms with Gasteiger partial charge in [0.2, 0.25) is 0 Å². The highest BCUT2D eigenvalue weighted by atomic mass is 16.2. The summed E-state index contributed by atoms with van der Waals surface area (Å²) in [6.45, 7) is 9.12. The van der Waals surface area contributed by atoms with Crippen LogP contribution >= 0.6 is 0 Å². The van der Waals surface area contributed by atoms with Crippen molar-refractivity contribution in [1.82, 2.24) is 14.8 Å². The molecule has 32 heavy (non-hydrogen) atoms. The maximum atomic E-state index is 13.3. The Labute approximate surface area is 189 Å². The zero-order valence-corrected chi connectivity index (χ0v) is 19.1. The van der Waals surface area contributed by atoms with Crippen molar-refractivity contribution in [1.29, 1.82) is 0 Å². The van der Waals surface area contributed by atoms with Gasteiger partial charge in [-0.15, -0.1) is 0 Å². The summed E-state index contributed by atoms with van der Waals surface area (Å²) >= 11 is 0. The molecule has 0 aliphatic carbocycles. The van der Waals surface area contributed by atoms with E-state index in [9.17, 15) is 9.59 Å². The van der Waals surface area contributed by atoms with Crippen LogP contribution in [0.25, 0.3) is 10.9 Å². The molecule has 1 aromatic heterocycles. The minimum atomic E-state index is -0.181. The highest BCUT2D eigenvalue weighted by Gasteiger charge is 2.28. The van der Waals surface area contributed by atoms with Gasteiger partial charge < -0.3 is 15.2 Å². The van der Waals surface area contributed by atoms with Crippen LogP contribution in [0.15, 0.2) is 53.3 Å². The summed E-state index contributed by atoms with van der Waals surface area (Å²) in [6, 6.07) is 15.6. The second-order valence-electron chi connectivity index (χ2n) is 8.77. The number of amides is 2. The maximum Gasteiger partial charge on any atom is 0.322 e. The van der Waals surface area contributed by atoms with Gasteiger partial charge in [-0.2, -0.15) is 0 Å². The normalized spacial score (nSPS) is 16.4. The zero-order chi connectivity index (χ0) is 22.7. The Morgan fingerprint density at radius 1 is 1.19 bits per heavy atom. The molecular weight excluding hydrogens is 400 g/mol. The molecule has 0 spiro atoms. The number of aromatic amines is 1. The number of hydrogen-bond donors (Lipinski definition) is 2. The molecule has 0 saturated carbocycles. The van der Waals surface area contributed by atoms with Gasteiger partial charge in [0, 0.05) is 34.7 Å². The Hall–Kier alpha value is -3.12. The maximum absolute atomic E-state index is 13.3. The van der Waals surface area contributed by atoms with E-state index in [4.69, 9.17) is 0 Å². The first-order valence-electron chi connectivity index (χ1n) is 11.4. The van der Waals surface area contributed by atoms with E-state index in [2.05, 4.69) is 35.1 Å². The number of rotatable bonds is 6. The largest absolute Gasteiger partial charge is 0.322 e. The first kappa shape index (κ1) is 22.1. The second kappa shape index (κ2) is 9.57. The van der Waals surface area contributed by atoms with Gasteiger partial charge in [-0.25, -0.2) is 4.79 Å². The average molecular weight is 433 g/mol. The third kappa shape index (κ3) is 4.86. The van der Waals surface area contributed by atoms with E-state index < -0.39 is 0 Å². The summed E-state index contributed by atoms with van der Waals surface area (Å²) in [4.78, 5) is 33.4. The molecule has 1 aliphatic heterocycles. The lowest BCUT2D eigenvalue weighted by atomic mass is 10.0. The number of benzene rings is 2. The Morgan fingerprint density at radius 3 is 2.72 bits per heavy atom. The number of likely N-dealkylation sites (N-methyl/N-ethyl adjacent to an activating group) is 1. The number of urea groups is 1. The molecule has 1 fully saturated rings. The Balaban J connectivity index is 1.64. The van der Waals surface area contributed by atoms with Crippen molar-refractivity contribution < 1.29 is 4.79 Å². The van der Waals surface area contributed by atoms with Crippen LogP contribution < -0.4 is 10.9 Å². The van der Waals surface area contributed by atoms with Crippen molar-refractivity contribution in [2.45, 2.75) is 46.2 Å². The first-order valence-corrected chi connectivity index (χ1v) is 11.4. The van der Waals surface area contributed by atoms with E-state index in [1.54, 1.807) is 4.90 Å². The topological polar surface area (TPSA) is 68.4 Å². The van der Waals surface area contributed by atoms with Gasteiger partial charge in [0.05, 0.1) is 6.54 Å². The van der Waals surface area contributed by atoms with Crippen LogP contribution in [0.1, 0.15) is 36.5 Å². The van der Waals surface area contributed by atoms with Crippen LogP contribution in [0, 0.1) is 13.8 Å². The predicted octanol–water partition coefficient (Wildman–Crippen LogP) is 4.66. The molecule has 6 nitrogen and oxygen atoms in total. The van der Waals surface area contributed by atoms with Crippen LogP contribution in [0.4, 0.5) is 10.5 Å². The van der Waals surface area contributed by atoms with Crippen LogP contribution in [-0.4, -0.2) is 46.5 Å². The lowest BCUT2D eigenvalue weighted by Gasteiger charge is -2.30. The number of fused-ring (bicyclic) bond motifs is 1. The summed E-state index contributed by atoms with van der Waals surface area (Å²) in [5.74, 6) is 0. The number of aromatic nitrogens is 1. The van der Waals surface area contributed by atoms with Crippen molar-refractivity contribution in [3.63, 3.8) is 0 Å². The van der Waals surface area contributed by atoms with Gasteiger partial charge >= 0.3 is 6.03 Å². The van der Waals surface area contributed by atoms with E-state index in [1.165, 1.54) is 0 Å². The van der Waals surface area contributed by atoms with Gasteiger partial charge in [-0.3, -0.25) is 9.69 Å². The molecule has 1 atom stereocenters. The lowest BCUT2D eigenvalue weighted by molar-refractivity contribution is 0.174. The number of carbonyl (C=O) groups excluding carboxylic acids is 1. The molecule has 6 heteroatoms. The number of nitrogens with zero attached hydrogens (tertiary/aromatic N) is 2. The fourth-order valence-corrected chi connectivity index (χ4v) is 4.76. The van der Waals surface area contributed by atoms with Crippen molar-refractivity contribution in [3.8, 4) is 0 Å². The number of para-hydroxylation sites is 1. The standard InChI is InChI=1S/C26H32N4O2/c1-4-29-12-8-11-22(29)17-30(26(32)27-21-9-6-5-7-10-21)16-20-15-23-19(3)13-18(2)14-24(23)28-25(20)31/h5-7,9-10,13-15,22H,4,8,11-12,16-17H2,1-3H3,(H,27,32)(H,28,31). The van der Waals surface area contributed by atoms with Crippen LogP contribution in [-0.2, 0) is 6.54 Å². The van der Waals surface area contributed by atoms with Gasteiger partial charge in [-0.1, -0.05) is 31.2 Å². The molecule has 2 N–H and O–H groups in total. The van der Waals surface area contributed by atoms with E-state index in [0.29, 0.717) is 18.2 Å². The number of aryl methyl sites for hydroxylation is 2. The number of hydrogen-bond acceptors (Lipinski definition) is 3. The monoisotopic (exact) mass is 432 g/mol. The number of H-pyrrole nitrogens is 1.